The Hall–Kier alpha value is -1.30. The number of pyridine rings is 1. The molecule has 0 amide bonds. The van der Waals surface area contributed by atoms with Crippen molar-refractivity contribution < 1.29 is 13.2 Å². The molecule has 0 N–H and O–H groups in total. The molecule has 0 spiro atoms. The van der Waals surface area contributed by atoms with Crippen LogP contribution in [-0.4, -0.2) is 24.8 Å². The second-order valence-electron chi connectivity index (χ2n) is 4.27. The average Bonchev–Trinajstić information content (AvgIpc) is 2.35. The van der Waals surface area contributed by atoms with Crippen molar-refractivity contribution in [3.05, 3.63) is 35.9 Å². The number of rotatable bonds is 3. The molecule has 0 bridgehead atoms. The molecule has 102 valence electrons. The molecule has 2 aromatic rings. The summed E-state index contributed by atoms with van der Waals surface area (Å²) >= 11 is 3.29. The quantitative estimate of drug-likeness (QED) is 0.786. The van der Waals surface area contributed by atoms with Crippen molar-refractivity contribution in [1.82, 2.24) is 4.98 Å². The SMILES string of the molecule is CN(CC(F)(F)F)c1nc2ccccc2cc1CBr. The largest absolute Gasteiger partial charge is 0.405 e. The fourth-order valence-electron chi connectivity index (χ4n) is 1.92. The van der Waals surface area contributed by atoms with Crippen LogP contribution in [0.5, 0.6) is 0 Å². The average molecular weight is 333 g/mol. The molecule has 0 aliphatic rings. The Morgan fingerprint density at radius 3 is 2.58 bits per heavy atom. The molecule has 19 heavy (non-hydrogen) atoms. The highest BCUT2D eigenvalue weighted by molar-refractivity contribution is 9.08. The summed E-state index contributed by atoms with van der Waals surface area (Å²) in [4.78, 5) is 5.45. The van der Waals surface area contributed by atoms with E-state index >= 15 is 0 Å². The molecule has 0 fully saturated rings. The van der Waals surface area contributed by atoms with Crippen LogP contribution < -0.4 is 4.90 Å². The molecule has 0 atom stereocenters. The van der Waals surface area contributed by atoms with Gasteiger partial charge in [-0.3, -0.25) is 0 Å². The molecule has 0 radical (unpaired) electrons. The second kappa shape index (κ2) is 5.36. The number of hydrogen-bond donors (Lipinski definition) is 0. The van der Waals surface area contributed by atoms with Crippen LogP contribution in [0.25, 0.3) is 10.9 Å². The molecule has 0 saturated heterocycles. The first-order valence-corrected chi connectivity index (χ1v) is 6.75. The summed E-state index contributed by atoms with van der Waals surface area (Å²) in [6, 6.07) is 9.23. The van der Waals surface area contributed by atoms with E-state index in [2.05, 4.69) is 20.9 Å². The van der Waals surface area contributed by atoms with Crippen molar-refractivity contribution >= 4 is 32.7 Å². The van der Waals surface area contributed by atoms with Crippen LogP contribution in [0, 0.1) is 0 Å². The van der Waals surface area contributed by atoms with Crippen LogP contribution in [0.3, 0.4) is 0 Å². The summed E-state index contributed by atoms with van der Waals surface area (Å²) in [5.41, 5.74) is 1.43. The smallest absolute Gasteiger partial charge is 0.350 e. The summed E-state index contributed by atoms with van der Waals surface area (Å²) < 4.78 is 37.4. The number of alkyl halides is 4. The molecule has 0 saturated carbocycles. The van der Waals surface area contributed by atoms with Crippen molar-refractivity contribution in [2.45, 2.75) is 11.5 Å². The number of halogens is 4. The summed E-state index contributed by atoms with van der Waals surface area (Å²) in [5, 5.41) is 1.38. The van der Waals surface area contributed by atoms with Gasteiger partial charge in [-0.15, -0.1) is 0 Å². The van der Waals surface area contributed by atoms with Gasteiger partial charge >= 0.3 is 6.18 Å². The Balaban J connectivity index is 2.46. The summed E-state index contributed by atoms with van der Waals surface area (Å²) in [5.74, 6) is 0.355. The van der Waals surface area contributed by atoms with Crippen LogP contribution in [-0.2, 0) is 5.33 Å². The minimum absolute atomic E-state index is 0.355. The third kappa shape index (κ3) is 3.37. The Bertz CT molecular complexity index is 584. The summed E-state index contributed by atoms with van der Waals surface area (Å²) in [6.45, 7) is -1.02. The summed E-state index contributed by atoms with van der Waals surface area (Å²) in [6.07, 6.45) is -4.24. The second-order valence-corrected chi connectivity index (χ2v) is 4.83. The molecule has 1 aromatic heterocycles. The molecule has 0 unspecified atom stereocenters. The number of benzene rings is 1. The Morgan fingerprint density at radius 1 is 1.26 bits per heavy atom. The Morgan fingerprint density at radius 2 is 1.95 bits per heavy atom. The maximum absolute atomic E-state index is 12.5. The first kappa shape index (κ1) is 14.1. The van der Waals surface area contributed by atoms with E-state index in [1.54, 1.807) is 6.07 Å². The zero-order chi connectivity index (χ0) is 14.0. The van der Waals surface area contributed by atoms with Crippen LogP contribution >= 0.6 is 15.9 Å². The van der Waals surface area contributed by atoms with E-state index in [1.807, 2.05) is 24.3 Å². The number of aromatic nitrogens is 1. The van der Waals surface area contributed by atoms with Gasteiger partial charge < -0.3 is 4.90 Å². The van der Waals surface area contributed by atoms with Gasteiger partial charge in [0.2, 0.25) is 0 Å². The predicted octanol–water partition coefficient (Wildman–Crippen LogP) is 4.13. The normalized spacial score (nSPS) is 11.8. The van der Waals surface area contributed by atoms with E-state index in [-0.39, 0.29) is 0 Å². The predicted molar refractivity (Wildman–Crippen MR) is 73.7 cm³/mol. The number of fused-ring (bicyclic) bond motifs is 1. The zero-order valence-electron chi connectivity index (χ0n) is 10.2. The molecule has 2 nitrogen and oxygen atoms in total. The zero-order valence-corrected chi connectivity index (χ0v) is 11.8. The van der Waals surface area contributed by atoms with Crippen molar-refractivity contribution in [1.29, 1.82) is 0 Å². The van der Waals surface area contributed by atoms with Gasteiger partial charge in [0.1, 0.15) is 12.4 Å². The lowest BCUT2D eigenvalue weighted by Crippen LogP contribution is -2.32. The van der Waals surface area contributed by atoms with E-state index in [0.717, 1.165) is 15.8 Å². The third-order valence-electron chi connectivity index (χ3n) is 2.70. The number of anilines is 1. The molecule has 1 aromatic carbocycles. The Kier molecular flexibility index (Phi) is 3.99. The first-order valence-electron chi connectivity index (χ1n) is 5.63. The minimum Gasteiger partial charge on any atom is -0.350 e. The lowest BCUT2D eigenvalue weighted by molar-refractivity contribution is -0.119. The highest BCUT2D eigenvalue weighted by Gasteiger charge is 2.30. The third-order valence-corrected chi connectivity index (χ3v) is 3.31. The van der Waals surface area contributed by atoms with E-state index in [4.69, 9.17) is 0 Å². The summed E-state index contributed by atoms with van der Waals surface area (Å²) in [7, 11) is 1.40. The van der Waals surface area contributed by atoms with Crippen molar-refractivity contribution in [2.75, 3.05) is 18.5 Å². The van der Waals surface area contributed by atoms with Gasteiger partial charge in [-0.05, 0) is 12.1 Å². The molecular weight excluding hydrogens is 321 g/mol. The Labute approximate surface area is 117 Å². The monoisotopic (exact) mass is 332 g/mol. The number of nitrogens with zero attached hydrogens (tertiary/aromatic N) is 2. The van der Waals surface area contributed by atoms with Gasteiger partial charge in [0.15, 0.2) is 0 Å². The maximum atomic E-state index is 12.5. The minimum atomic E-state index is -4.24. The van der Waals surface area contributed by atoms with Gasteiger partial charge in [0.25, 0.3) is 0 Å². The van der Waals surface area contributed by atoms with Crippen LogP contribution in [0.4, 0.5) is 19.0 Å². The van der Waals surface area contributed by atoms with Crippen LogP contribution in [0.1, 0.15) is 5.56 Å². The molecule has 2 rings (SSSR count). The lowest BCUT2D eigenvalue weighted by Gasteiger charge is -2.22. The fraction of sp³-hybridized carbons (Fsp3) is 0.308. The van der Waals surface area contributed by atoms with E-state index in [9.17, 15) is 13.2 Å². The van der Waals surface area contributed by atoms with Crippen LogP contribution in [0.15, 0.2) is 30.3 Å². The molecule has 6 heteroatoms. The van der Waals surface area contributed by atoms with Crippen molar-refractivity contribution in [3.63, 3.8) is 0 Å². The van der Waals surface area contributed by atoms with Gasteiger partial charge in [-0.1, -0.05) is 34.1 Å². The molecule has 0 aliphatic heterocycles. The highest BCUT2D eigenvalue weighted by Crippen LogP contribution is 2.27. The van der Waals surface area contributed by atoms with Crippen molar-refractivity contribution in [3.8, 4) is 0 Å². The van der Waals surface area contributed by atoms with Gasteiger partial charge in [-0.25, -0.2) is 4.98 Å². The fourth-order valence-corrected chi connectivity index (χ4v) is 2.33. The molecule has 1 heterocycles. The van der Waals surface area contributed by atoms with Gasteiger partial charge in [-0.2, -0.15) is 13.2 Å². The molecular formula is C13H12BrF3N2. The van der Waals surface area contributed by atoms with Crippen LogP contribution in [0.2, 0.25) is 0 Å². The number of hydrogen-bond acceptors (Lipinski definition) is 2. The standard InChI is InChI=1S/C13H12BrF3N2/c1-19(8-13(15,16)17)12-10(7-14)6-9-4-2-3-5-11(9)18-12/h2-6H,7-8H2,1H3. The van der Waals surface area contributed by atoms with E-state index in [0.29, 0.717) is 16.7 Å². The molecule has 0 aliphatic carbocycles. The van der Waals surface area contributed by atoms with E-state index < -0.39 is 12.7 Å². The number of para-hydroxylation sites is 1. The van der Waals surface area contributed by atoms with Gasteiger partial charge in [0, 0.05) is 23.3 Å². The van der Waals surface area contributed by atoms with Crippen molar-refractivity contribution in [2.24, 2.45) is 0 Å². The lowest BCUT2D eigenvalue weighted by atomic mass is 10.1. The van der Waals surface area contributed by atoms with E-state index in [1.165, 1.54) is 7.05 Å². The highest BCUT2D eigenvalue weighted by atomic mass is 79.9. The maximum Gasteiger partial charge on any atom is 0.405 e. The topological polar surface area (TPSA) is 16.1 Å². The van der Waals surface area contributed by atoms with Gasteiger partial charge in [0.05, 0.1) is 5.52 Å². The first-order chi connectivity index (χ1) is 8.90.